The maximum Gasteiger partial charge on any atom is 0.361 e. The molecule has 2 aromatic carbocycles. The topological polar surface area (TPSA) is 68.2 Å². The third-order valence-electron chi connectivity index (χ3n) is 5.52. The van der Waals surface area contributed by atoms with Gasteiger partial charge in [-0.15, -0.1) is 0 Å². The van der Waals surface area contributed by atoms with Crippen molar-refractivity contribution < 1.29 is 19.2 Å². The Balaban J connectivity index is 1.69. The van der Waals surface area contributed by atoms with E-state index in [1.165, 1.54) is 4.68 Å². The third-order valence-corrected chi connectivity index (χ3v) is 5.52. The second-order valence-corrected chi connectivity index (χ2v) is 7.60. The van der Waals surface area contributed by atoms with E-state index in [4.69, 9.17) is 4.74 Å². The molecule has 0 saturated heterocycles. The Bertz CT molecular complexity index is 1070. The highest BCUT2D eigenvalue weighted by Gasteiger charge is 2.45. The number of carbonyl (C=O) groups is 1. The lowest BCUT2D eigenvalue weighted by molar-refractivity contribution is -0.603. The first-order valence-electron chi connectivity index (χ1n) is 9.39. The molecule has 1 N–H and O–H groups in total. The number of carbonyl (C=O) groups excluding carboxylic acids is 1. The van der Waals surface area contributed by atoms with Gasteiger partial charge in [0, 0.05) is 24.0 Å². The zero-order valence-corrected chi connectivity index (χ0v) is 16.6. The van der Waals surface area contributed by atoms with Gasteiger partial charge in [-0.25, -0.2) is 9.36 Å². The van der Waals surface area contributed by atoms with Gasteiger partial charge in [-0.05, 0) is 61.2 Å². The molecule has 144 valence electrons. The quantitative estimate of drug-likeness (QED) is 0.696. The highest BCUT2D eigenvalue weighted by atomic mass is 16.5. The van der Waals surface area contributed by atoms with Crippen LogP contribution in [-0.2, 0) is 6.42 Å². The smallest absolute Gasteiger partial charge is 0.361 e. The monoisotopic (exact) mass is 378 g/mol. The van der Waals surface area contributed by atoms with Crippen molar-refractivity contribution in [2.45, 2.75) is 46.1 Å². The van der Waals surface area contributed by atoms with E-state index in [2.05, 4.69) is 5.10 Å². The number of fused-ring (bicyclic) bond motifs is 1. The molecule has 0 saturated carbocycles. The fourth-order valence-corrected chi connectivity index (χ4v) is 3.78. The summed E-state index contributed by atoms with van der Waals surface area (Å²) in [7, 11) is 0. The van der Waals surface area contributed by atoms with Crippen molar-refractivity contribution in [1.29, 1.82) is 0 Å². The Morgan fingerprint density at radius 3 is 2.68 bits per heavy atom. The molecule has 0 amide bonds. The molecule has 0 bridgehead atoms. The van der Waals surface area contributed by atoms with Gasteiger partial charge < -0.3 is 9.84 Å². The molecule has 2 heterocycles. The summed E-state index contributed by atoms with van der Waals surface area (Å²) in [5.74, 6) is 1.47. The SMILES string of the molecule is Cc1cc(O)c(C)c2c1OC(C)(C(=O)n1c[n+](-c3ccccc3)c(C)n1)CC2. The van der Waals surface area contributed by atoms with E-state index in [0.717, 1.165) is 28.2 Å². The number of aromatic nitrogens is 3. The average molecular weight is 378 g/mol. The molecular weight excluding hydrogens is 354 g/mol. The molecular formula is C22H24N3O3+. The van der Waals surface area contributed by atoms with E-state index in [0.29, 0.717) is 18.6 Å². The van der Waals surface area contributed by atoms with Gasteiger partial charge in [0.05, 0.1) is 0 Å². The van der Waals surface area contributed by atoms with E-state index in [1.807, 2.05) is 62.6 Å². The van der Waals surface area contributed by atoms with E-state index in [-0.39, 0.29) is 11.7 Å². The lowest BCUT2D eigenvalue weighted by Gasteiger charge is -2.34. The van der Waals surface area contributed by atoms with Crippen LogP contribution in [0.15, 0.2) is 42.7 Å². The number of aromatic hydroxyl groups is 1. The molecule has 1 atom stereocenters. The van der Waals surface area contributed by atoms with Crippen molar-refractivity contribution in [3.05, 3.63) is 65.2 Å². The Labute approximate surface area is 164 Å². The second kappa shape index (κ2) is 6.48. The zero-order valence-electron chi connectivity index (χ0n) is 16.6. The van der Waals surface area contributed by atoms with Crippen LogP contribution in [0.4, 0.5) is 0 Å². The molecule has 4 rings (SSSR count). The third kappa shape index (κ3) is 2.85. The van der Waals surface area contributed by atoms with Crippen LogP contribution in [-0.4, -0.2) is 26.4 Å². The first-order chi connectivity index (χ1) is 13.3. The highest BCUT2D eigenvalue weighted by molar-refractivity contribution is 5.87. The molecule has 0 aliphatic carbocycles. The first kappa shape index (κ1) is 18.2. The number of rotatable bonds is 2. The molecule has 1 aromatic heterocycles. The largest absolute Gasteiger partial charge is 0.508 e. The maximum absolute atomic E-state index is 13.3. The Kier molecular flexibility index (Phi) is 4.22. The molecule has 0 spiro atoms. The number of hydrogen-bond donors (Lipinski definition) is 1. The first-order valence-corrected chi connectivity index (χ1v) is 9.39. The standard InChI is InChI=1S/C22H23N3O3/c1-14-12-19(26)15(2)18-10-11-22(4,28-20(14)18)21(27)25-13-24(16(3)23-25)17-8-6-5-7-9-17/h5-9,12-13H,10-11H2,1-4H3/p+1. The van der Waals surface area contributed by atoms with Crippen LogP contribution in [0.1, 0.15) is 40.7 Å². The lowest BCUT2D eigenvalue weighted by atomic mass is 9.88. The van der Waals surface area contributed by atoms with Gasteiger partial charge >= 0.3 is 5.91 Å². The van der Waals surface area contributed by atoms with Crippen LogP contribution in [0.5, 0.6) is 11.5 Å². The van der Waals surface area contributed by atoms with Gasteiger partial charge in [-0.1, -0.05) is 18.2 Å². The summed E-state index contributed by atoms with van der Waals surface area (Å²) in [6.45, 7) is 7.44. The molecule has 0 radical (unpaired) electrons. The fraction of sp³-hybridized carbons (Fsp3) is 0.318. The molecule has 0 fully saturated rings. The van der Waals surface area contributed by atoms with Crippen molar-refractivity contribution in [3.63, 3.8) is 0 Å². The van der Waals surface area contributed by atoms with E-state index < -0.39 is 5.60 Å². The Morgan fingerprint density at radius 2 is 1.96 bits per heavy atom. The van der Waals surface area contributed by atoms with Crippen LogP contribution in [0.3, 0.4) is 0 Å². The Morgan fingerprint density at radius 1 is 1.25 bits per heavy atom. The van der Waals surface area contributed by atoms with Gasteiger partial charge in [-0.2, -0.15) is 0 Å². The van der Waals surface area contributed by atoms with Crippen LogP contribution in [0.25, 0.3) is 5.69 Å². The lowest BCUT2D eigenvalue weighted by Crippen LogP contribution is -2.48. The molecule has 1 aliphatic heterocycles. The summed E-state index contributed by atoms with van der Waals surface area (Å²) in [6.07, 6.45) is 2.89. The zero-order chi connectivity index (χ0) is 20.1. The van der Waals surface area contributed by atoms with Crippen LogP contribution in [0, 0.1) is 20.8 Å². The Hall–Kier alpha value is -3.15. The number of aryl methyl sites for hydroxylation is 2. The van der Waals surface area contributed by atoms with E-state index in [1.54, 1.807) is 12.4 Å². The van der Waals surface area contributed by atoms with Crippen molar-refractivity contribution >= 4 is 5.91 Å². The number of hydrogen-bond acceptors (Lipinski definition) is 4. The summed E-state index contributed by atoms with van der Waals surface area (Å²) in [4.78, 5) is 13.3. The van der Waals surface area contributed by atoms with Crippen molar-refractivity contribution in [1.82, 2.24) is 9.78 Å². The number of phenols is 1. The van der Waals surface area contributed by atoms with Crippen molar-refractivity contribution in [2.75, 3.05) is 0 Å². The molecule has 1 unspecified atom stereocenters. The van der Waals surface area contributed by atoms with Gasteiger partial charge in [-0.3, -0.25) is 0 Å². The van der Waals surface area contributed by atoms with E-state index >= 15 is 0 Å². The fourth-order valence-electron chi connectivity index (χ4n) is 3.78. The molecule has 6 nitrogen and oxygen atoms in total. The molecule has 28 heavy (non-hydrogen) atoms. The number of para-hydroxylation sites is 1. The summed E-state index contributed by atoms with van der Waals surface area (Å²) < 4.78 is 9.48. The summed E-state index contributed by atoms with van der Waals surface area (Å²) in [5.41, 5.74) is 2.54. The minimum Gasteiger partial charge on any atom is -0.508 e. The van der Waals surface area contributed by atoms with Crippen LogP contribution in [0.2, 0.25) is 0 Å². The predicted molar refractivity (Wildman–Crippen MR) is 104 cm³/mol. The summed E-state index contributed by atoms with van der Waals surface area (Å²) in [5, 5.41) is 14.5. The minimum atomic E-state index is -1.02. The van der Waals surface area contributed by atoms with Gasteiger partial charge in [0.25, 0.3) is 5.82 Å². The van der Waals surface area contributed by atoms with Gasteiger partial charge in [0.1, 0.15) is 17.2 Å². The second-order valence-electron chi connectivity index (χ2n) is 7.60. The number of ether oxygens (including phenoxy) is 1. The number of phenolic OH excluding ortho intramolecular Hbond substituents is 1. The van der Waals surface area contributed by atoms with E-state index in [9.17, 15) is 9.90 Å². The summed E-state index contributed by atoms with van der Waals surface area (Å²) >= 11 is 0. The summed E-state index contributed by atoms with van der Waals surface area (Å²) in [6, 6.07) is 11.5. The normalized spacial score (nSPS) is 18.4. The predicted octanol–water partition coefficient (Wildman–Crippen LogP) is 3.21. The minimum absolute atomic E-state index is 0.207. The average Bonchev–Trinajstić information content (AvgIpc) is 3.08. The number of benzene rings is 2. The molecule has 6 heteroatoms. The van der Waals surface area contributed by atoms with Crippen molar-refractivity contribution in [2.24, 2.45) is 0 Å². The number of nitrogens with zero attached hydrogens (tertiary/aromatic N) is 3. The maximum atomic E-state index is 13.3. The van der Waals surface area contributed by atoms with Gasteiger partial charge in [0.15, 0.2) is 0 Å². The highest BCUT2D eigenvalue weighted by Crippen LogP contribution is 2.41. The van der Waals surface area contributed by atoms with Crippen LogP contribution >= 0.6 is 0 Å². The van der Waals surface area contributed by atoms with Crippen LogP contribution < -0.4 is 9.30 Å². The molecule has 3 aromatic rings. The van der Waals surface area contributed by atoms with Crippen molar-refractivity contribution in [3.8, 4) is 17.2 Å². The molecule has 1 aliphatic rings. The van der Waals surface area contributed by atoms with Gasteiger partial charge in [0.2, 0.25) is 11.9 Å².